The number of hydrogen-bond donors (Lipinski definition) is 1. The van der Waals surface area contributed by atoms with Gasteiger partial charge in [-0.2, -0.15) is 0 Å². The zero-order chi connectivity index (χ0) is 42.3. The van der Waals surface area contributed by atoms with Gasteiger partial charge in [-0.15, -0.1) is 0 Å². The number of benzene rings is 1. The number of rotatable bonds is 8. The maximum atomic E-state index is 14.4. The standard InChI is InChI=1S/C38H51F2N3O.C7H16.C3H8.CH2F2/c1-27-11-13-29(14-12-27)24-33-32(30-15-20-38(39,40)21-16-30)9-7-19-37(3,4)25-35(44)42-36(33)31-17-22-43(23-18-31)34-10-6-5-8-28(2)26-41-34;1-3-5-7-6-4-2;1-3-2;2-1-3/h5,8-9,11-14,26,30-31H,6-7,10,15-25H2,1-4H3,(H,42,44);3-7H2,1-2H3;3H2,1-2H3;1H2/b8-5-,28-26-,32-9+,36-33-,41-34?;;;. The minimum atomic E-state index is -2.58. The number of nitrogens with one attached hydrogen (secondary N) is 1. The summed E-state index contributed by atoms with van der Waals surface area (Å²) < 4.78 is 48.0. The largest absolute Gasteiger partial charge is 0.360 e. The Kier molecular flexibility index (Phi) is 23.5. The number of nitrogens with zero attached hydrogens (tertiary/aromatic N) is 2. The lowest BCUT2D eigenvalue weighted by atomic mass is 9.74. The molecule has 1 aromatic rings. The molecule has 4 nitrogen and oxygen atoms in total. The van der Waals surface area contributed by atoms with Crippen LogP contribution in [-0.4, -0.2) is 42.6 Å². The average molecular weight is 800 g/mol. The van der Waals surface area contributed by atoms with E-state index < -0.39 is 12.9 Å². The van der Waals surface area contributed by atoms with Crippen LogP contribution in [0.25, 0.3) is 0 Å². The molecule has 57 heavy (non-hydrogen) atoms. The summed E-state index contributed by atoms with van der Waals surface area (Å²) in [4.78, 5) is 21.0. The van der Waals surface area contributed by atoms with Crippen LogP contribution < -0.4 is 5.32 Å². The number of halogens is 4. The second-order valence-electron chi connectivity index (χ2n) is 17.3. The van der Waals surface area contributed by atoms with Gasteiger partial charge in [0.15, 0.2) is 0 Å². The first-order valence-corrected chi connectivity index (χ1v) is 22.2. The molecule has 0 unspecified atom stereocenters. The first-order chi connectivity index (χ1) is 27.2. The number of hydrogen-bond acceptors (Lipinski definition) is 3. The van der Waals surface area contributed by atoms with E-state index in [1.54, 1.807) is 0 Å². The summed E-state index contributed by atoms with van der Waals surface area (Å²) in [6.07, 6.45) is 24.5. The molecule has 4 aliphatic rings. The maximum absolute atomic E-state index is 14.4. The molecule has 2 fully saturated rings. The fourth-order valence-electron chi connectivity index (χ4n) is 8.02. The molecular weight excluding hydrogens is 723 g/mol. The van der Waals surface area contributed by atoms with Crippen molar-refractivity contribution in [3.05, 3.63) is 82.2 Å². The second kappa shape index (κ2) is 26.8. The Hall–Kier alpha value is -3.16. The van der Waals surface area contributed by atoms with E-state index in [1.165, 1.54) is 60.8 Å². The minimum Gasteiger partial charge on any atom is -0.360 e. The molecule has 3 aliphatic heterocycles. The van der Waals surface area contributed by atoms with E-state index in [0.29, 0.717) is 25.7 Å². The summed E-state index contributed by atoms with van der Waals surface area (Å²) in [5, 5.41) is 3.48. The molecule has 3 heterocycles. The lowest BCUT2D eigenvalue weighted by Crippen LogP contribution is -2.42. The van der Waals surface area contributed by atoms with Gasteiger partial charge in [0.25, 0.3) is 0 Å². The second-order valence-corrected chi connectivity index (χ2v) is 17.3. The van der Waals surface area contributed by atoms with Gasteiger partial charge in [-0.1, -0.05) is 128 Å². The van der Waals surface area contributed by atoms with Crippen molar-refractivity contribution in [2.75, 3.05) is 20.0 Å². The van der Waals surface area contributed by atoms with Gasteiger partial charge in [-0.05, 0) is 98.8 Å². The highest BCUT2D eigenvalue weighted by molar-refractivity contribution is 5.83. The van der Waals surface area contributed by atoms with Crippen molar-refractivity contribution in [3.63, 3.8) is 0 Å². The third-order valence-electron chi connectivity index (χ3n) is 11.2. The fourth-order valence-corrected chi connectivity index (χ4v) is 8.02. The molecule has 0 bridgehead atoms. The van der Waals surface area contributed by atoms with E-state index >= 15 is 0 Å². The zero-order valence-corrected chi connectivity index (χ0v) is 36.9. The SMILES string of the molecule is CC1=C/N=C(N2CCC(/C3=C(Cc4ccc(C)cc4)/C(C4CCC(F)(F)CC4)=C/CCC(C)(C)CC(=O)N3)CC2)CC/C=C\1.CCC.CCCCCCC.FCF. The average Bonchev–Trinajstić information content (AvgIpc) is 3.15. The third-order valence-corrected chi connectivity index (χ3v) is 11.2. The molecule has 1 aliphatic carbocycles. The van der Waals surface area contributed by atoms with Gasteiger partial charge in [0.2, 0.25) is 18.8 Å². The van der Waals surface area contributed by atoms with Crippen LogP contribution in [0.2, 0.25) is 0 Å². The molecule has 5 rings (SSSR count). The lowest BCUT2D eigenvalue weighted by Gasteiger charge is -2.38. The Bertz CT molecular complexity index is 1450. The summed E-state index contributed by atoms with van der Waals surface area (Å²) in [5.41, 5.74) is 6.84. The Morgan fingerprint density at radius 1 is 0.842 bits per heavy atom. The van der Waals surface area contributed by atoms with Crippen LogP contribution in [-0.2, 0) is 11.2 Å². The monoisotopic (exact) mass is 800 g/mol. The van der Waals surface area contributed by atoms with Crippen molar-refractivity contribution in [1.29, 1.82) is 0 Å². The lowest BCUT2D eigenvalue weighted by molar-refractivity contribution is -0.122. The summed E-state index contributed by atoms with van der Waals surface area (Å²) in [7, 11) is 0. The fraction of sp³-hybridized carbons (Fsp3) is 0.673. The highest BCUT2D eigenvalue weighted by atomic mass is 19.3. The molecule has 0 atom stereocenters. The van der Waals surface area contributed by atoms with Crippen molar-refractivity contribution >= 4 is 11.7 Å². The predicted octanol–water partition coefficient (Wildman–Crippen LogP) is 14.5. The van der Waals surface area contributed by atoms with Gasteiger partial charge in [-0.3, -0.25) is 4.79 Å². The van der Waals surface area contributed by atoms with Crippen LogP contribution in [0.1, 0.15) is 169 Å². The quantitative estimate of drug-likeness (QED) is 0.210. The van der Waals surface area contributed by atoms with Gasteiger partial charge >= 0.3 is 0 Å². The first-order valence-electron chi connectivity index (χ1n) is 22.2. The first kappa shape index (κ1) is 50.0. The van der Waals surface area contributed by atoms with Crippen LogP contribution in [0, 0.1) is 24.2 Å². The van der Waals surface area contributed by atoms with E-state index in [4.69, 9.17) is 4.99 Å². The van der Waals surface area contributed by atoms with Crippen molar-refractivity contribution in [2.24, 2.45) is 22.2 Å². The molecule has 0 spiro atoms. The maximum Gasteiger partial charge on any atom is 0.248 e. The van der Waals surface area contributed by atoms with Crippen molar-refractivity contribution < 1.29 is 22.4 Å². The third kappa shape index (κ3) is 19.0. The Morgan fingerprint density at radius 2 is 1.44 bits per heavy atom. The number of amides is 1. The summed E-state index contributed by atoms with van der Waals surface area (Å²) in [6.45, 7) is 17.3. The minimum absolute atomic E-state index is 0.0659. The molecule has 1 saturated heterocycles. The molecule has 322 valence electrons. The highest BCUT2D eigenvalue weighted by Gasteiger charge is 2.38. The number of piperidine rings is 1. The Morgan fingerprint density at radius 3 is 2.02 bits per heavy atom. The van der Waals surface area contributed by atoms with Gasteiger partial charge in [0.05, 0.1) is 0 Å². The van der Waals surface area contributed by atoms with Gasteiger partial charge in [0.1, 0.15) is 5.84 Å². The summed E-state index contributed by atoms with van der Waals surface area (Å²) in [6, 6.07) is 8.63. The number of carbonyl (C=O) groups is 1. The normalized spacial score (nSPS) is 24.0. The number of aliphatic imine (C=N–C) groups is 1. The molecule has 8 heteroatoms. The molecule has 0 radical (unpaired) electrons. The summed E-state index contributed by atoms with van der Waals surface area (Å²) in [5.74, 6) is -1.10. The van der Waals surface area contributed by atoms with Crippen LogP contribution >= 0.6 is 0 Å². The van der Waals surface area contributed by atoms with Crippen molar-refractivity contribution in [2.45, 2.75) is 177 Å². The molecule has 1 saturated carbocycles. The Balaban J connectivity index is 0.000000751. The van der Waals surface area contributed by atoms with E-state index in [2.05, 4.69) is 108 Å². The number of alkyl halides is 4. The van der Waals surface area contributed by atoms with E-state index in [-0.39, 0.29) is 36.0 Å². The summed E-state index contributed by atoms with van der Waals surface area (Å²) >= 11 is 0. The smallest absolute Gasteiger partial charge is 0.248 e. The number of carbonyl (C=O) groups excluding carboxylic acids is 1. The van der Waals surface area contributed by atoms with Gasteiger partial charge < -0.3 is 10.2 Å². The number of likely N-dealkylation sites (tertiary alicyclic amines) is 1. The van der Waals surface area contributed by atoms with E-state index in [0.717, 1.165) is 68.7 Å². The number of unbranched alkanes of at least 4 members (excludes halogenated alkanes) is 4. The zero-order valence-electron chi connectivity index (χ0n) is 36.9. The molecular formula is C49H77F4N3O. The van der Waals surface area contributed by atoms with E-state index in [9.17, 15) is 22.4 Å². The van der Waals surface area contributed by atoms with Crippen LogP contribution in [0.3, 0.4) is 0 Å². The number of amidine groups is 1. The highest BCUT2D eigenvalue weighted by Crippen LogP contribution is 2.44. The molecule has 1 amide bonds. The Labute approximate surface area is 344 Å². The molecule has 0 aromatic heterocycles. The van der Waals surface area contributed by atoms with Gasteiger partial charge in [-0.25, -0.2) is 22.6 Å². The predicted molar refractivity (Wildman–Crippen MR) is 234 cm³/mol. The number of aryl methyl sites for hydroxylation is 1. The van der Waals surface area contributed by atoms with Crippen LogP contribution in [0.15, 0.2) is 76.1 Å². The van der Waals surface area contributed by atoms with E-state index in [1.807, 2.05) is 6.20 Å². The van der Waals surface area contributed by atoms with Gasteiger partial charge in [0, 0.05) is 56.6 Å². The van der Waals surface area contributed by atoms with Crippen LogP contribution in [0.5, 0.6) is 0 Å². The van der Waals surface area contributed by atoms with Crippen LogP contribution in [0.4, 0.5) is 17.6 Å². The topological polar surface area (TPSA) is 44.7 Å². The molecule has 1 aromatic carbocycles. The number of allylic oxidation sites excluding steroid dienone is 7. The molecule has 1 N–H and O–H groups in total. The van der Waals surface area contributed by atoms with Crippen molar-refractivity contribution in [1.82, 2.24) is 10.2 Å². The van der Waals surface area contributed by atoms with Crippen molar-refractivity contribution in [3.8, 4) is 0 Å².